The molecule has 0 unspecified atom stereocenters. The van der Waals surface area contributed by atoms with Gasteiger partial charge in [0, 0.05) is 45.8 Å². The number of fused-ring (bicyclic) bond motifs is 1. The van der Waals surface area contributed by atoms with E-state index >= 15 is 0 Å². The summed E-state index contributed by atoms with van der Waals surface area (Å²) >= 11 is 3.31. The van der Waals surface area contributed by atoms with Crippen LogP contribution in [0.5, 0.6) is 0 Å². The van der Waals surface area contributed by atoms with Gasteiger partial charge in [-0.25, -0.2) is 4.98 Å². The third-order valence-electron chi connectivity index (χ3n) is 2.66. The fourth-order valence-electron chi connectivity index (χ4n) is 1.84. The van der Waals surface area contributed by atoms with Gasteiger partial charge >= 0.3 is 0 Å². The summed E-state index contributed by atoms with van der Waals surface area (Å²) < 4.78 is 0.784. The molecule has 3 heterocycles. The number of halogens is 1. The Labute approximate surface area is 111 Å². The number of nitrogens with zero attached hydrogens (tertiary/aromatic N) is 2. The van der Waals surface area contributed by atoms with Crippen LogP contribution < -0.4 is 0 Å². The van der Waals surface area contributed by atoms with Gasteiger partial charge in [0.25, 0.3) is 0 Å². The first-order valence-corrected chi connectivity index (χ1v) is 6.12. The van der Waals surface area contributed by atoms with Crippen molar-refractivity contribution in [3.05, 3.63) is 58.6 Å². The van der Waals surface area contributed by atoms with Gasteiger partial charge in [-0.05, 0) is 34.1 Å². The lowest BCUT2D eigenvalue weighted by Gasteiger charge is -1.99. The maximum Gasteiger partial charge on any atom is 0.196 e. The van der Waals surface area contributed by atoms with Crippen LogP contribution in [0.3, 0.4) is 0 Å². The predicted molar refractivity (Wildman–Crippen MR) is 71.5 cm³/mol. The number of nitrogens with one attached hydrogen (secondary N) is 1. The summed E-state index contributed by atoms with van der Waals surface area (Å²) in [4.78, 5) is 23.5. The molecule has 0 saturated heterocycles. The second kappa shape index (κ2) is 4.34. The Bertz CT molecular complexity index is 736. The highest BCUT2D eigenvalue weighted by atomic mass is 79.9. The first-order chi connectivity index (χ1) is 8.75. The zero-order valence-electron chi connectivity index (χ0n) is 9.22. The lowest BCUT2D eigenvalue weighted by atomic mass is 10.1. The van der Waals surface area contributed by atoms with Gasteiger partial charge < -0.3 is 4.98 Å². The van der Waals surface area contributed by atoms with E-state index in [0.29, 0.717) is 16.8 Å². The van der Waals surface area contributed by atoms with E-state index in [9.17, 15) is 4.79 Å². The van der Waals surface area contributed by atoms with E-state index in [4.69, 9.17) is 0 Å². The molecule has 0 aliphatic heterocycles. The first kappa shape index (κ1) is 11.1. The third kappa shape index (κ3) is 1.82. The van der Waals surface area contributed by atoms with Crippen molar-refractivity contribution in [3.63, 3.8) is 0 Å². The van der Waals surface area contributed by atoms with Gasteiger partial charge in [-0.1, -0.05) is 0 Å². The molecule has 3 rings (SSSR count). The molecule has 0 aromatic carbocycles. The third-order valence-corrected chi connectivity index (χ3v) is 3.10. The largest absolute Gasteiger partial charge is 0.345 e. The summed E-state index contributed by atoms with van der Waals surface area (Å²) in [6.45, 7) is 0. The van der Waals surface area contributed by atoms with Gasteiger partial charge in [-0.2, -0.15) is 0 Å². The number of hydrogen-bond acceptors (Lipinski definition) is 3. The molecule has 5 heteroatoms. The maximum atomic E-state index is 12.4. The Morgan fingerprint density at radius 1 is 1.33 bits per heavy atom. The van der Waals surface area contributed by atoms with Crippen molar-refractivity contribution >= 4 is 32.7 Å². The topological polar surface area (TPSA) is 58.6 Å². The second-order valence-electron chi connectivity index (χ2n) is 3.82. The molecule has 0 bridgehead atoms. The van der Waals surface area contributed by atoms with Gasteiger partial charge in [0.2, 0.25) is 0 Å². The van der Waals surface area contributed by atoms with Crippen LogP contribution in [0.2, 0.25) is 0 Å². The molecule has 0 aliphatic carbocycles. The van der Waals surface area contributed by atoms with Crippen LogP contribution in [0.4, 0.5) is 0 Å². The molecule has 0 radical (unpaired) electrons. The quantitative estimate of drug-likeness (QED) is 0.740. The number of carbonyl (C=O) groups is 1. The van der Waals surface area contributed by atoms with Gasteiger partial charge in [0.05, 0.1) is 0 Å². The molecule has 0 fully saturated rings. The van der Waals surface area contributed by atoms with Crippen molar-refractivity contribution in [1.82, 2.24) is 15.0 Å². The van der Waals surface area contributed by atoms with Gasteiger partial charge in [-0.15, -0.1) is 0 Å². The summed E-state index contributed by atoms with van der Waals surface area (Å²) in [7, 11) is 0. The lowest BCUT2D eigenvalue weighted by Crippen LogP contribution is -2.00. The number of aromatic amines is 1. The summed E-state index contributed by atoms with van der Waals surface area (Å²) in [6, 6.07) is 5.44. The Balaban J connectivity index is 2.12. The Hall–Kier alpha value is -2.01. The zero-order valence-corrected chi connectivity index (χ0v) is 10.8. The number of carbonyl (C=O) groups excluding carboxylic acids is 1. The normalized spacial score (nSPS) is 10.7. The Kier molecular flexibility index (Phi) is 2.68. The van der Waals surface area contributed by atoms with E-state index in [1.165, 1.54) is 0 Å². The van der Waals surface area contributed by atoms with E-state index < -0.39 is 0 Å². The highest BCUT2D eigenvalue weighted by Crippen LogP contribution is 2.20. The summed E-state index contributed by atoms with van der Waals surface area (Å²) in [5.74, 6) is -0.0666. The van der Waals surface area contributed by atoms with Crippen LogP contribution in [-0.2, 0) is 0 Å². The van der Waals surface area contributed by atoms with Crippen LogP contribution >= 0.6 is 15.9 Å². The van der Waals surface area contributed by atoms with Crippen molar-refractivity contribution in [1.29, 1.82) is 0 Å². The predicted octanol–water partition coefficient (Wildman–Crippen LogP) is 2.95. The average molecular weight is 302 g/mol. The number of H-pyrrole nitrogens is 1. The van der Waals surface area contributed by atoms with Gasteiger partial charge in [0.1, 0.15) is 5.65 Å². The molecular weight excluding hydrogens is 294 g/mol. The number of hydrogen-bond donors (Lipinski definition) is 1. The molecule has 88 valence electrons. The molecule has 0 atom stereocenters. The van der Waals surface area contributed by atoms with Crippen LogP contribution in [0.15, 0.2) is 47.5 Å². The highest BCUT2D eigenvalue weighted by molar-refractivity contribution is 9.10. The van der Waals surface area contributed by atoms with E-state index in [2.05, 4.69) is 30.9 Å². The van der Waals surface area contributed by atoms with Crippen LogP contribution in [0, 0.1) is 0 Å². The Morgan fingerprint density at radius 3 is 3.06 bits per heavy atom. The average Bonchev–Trinajstić information content (AvgIpc) is 2.82. The SMILES string of the molecule is O=C(c1cncc(Br)c1)c1c[nH]c2ncccc12. The molecule has 0 amide bonds. The van der Waals surface area contributed by atoms with Crippen LogP contribution in [0.1, 0.15) is 15.9 Å². The number of aromatic nitrogens is 3. The molecule has 0 aliphatic rings. The summed E-state index contributed by atoms with van der Waals surface area (Å²) in [6.07, 6.45) is 6.57. The van der Waals surface area contributed by atoms with Gasteiger partial charge in [-0.3, -0.25) is 9.78 Å². The molecule has 1 N–H and O–H groups in total. The minimum atomic E-state index is -0.0666. The van der Waals surface area contributed by atoms with Crippen LogP contribution in [-0.4, -0.2) is 20.7 Å². The lowest BCUT2D eigenvalue weighted by molar-refractivity contribution is 0.104. The zero-order chi connectivity index (χ0) is 12.5. The van der Waals surface area contributed by atoms with Crippen molar-refractivity contribution in [2.75, 3.05) is 0 Å². The van der Waals surface area contributed by atoms with E-state index in [0.717, 1.165) is 9.86 Å². The molecule has 4 nitrogen and oxygen atoms in total. The smallest absolute Gasteiger partial charge is 0.196 e. The first-order valence-electron chi connectivity index (χ1n) is 5.33. The number of ketones is 1. The minimum Gasteiger partial charge on any atom is -0.345 e. The standard InChI is InChI=1S/C13H8BrN3O/c14-9-4-8(5-15-6-9)12(18)11-7-17-13-10(11)2-1-3-16-13/h1-7H,(H,16,17). The molecule has 18 heavy (non-hydrogen) atoms. The summed E-state index contributed by atoms with van der Waals surface area (Å²) in [5.41, 5.74) is 1.87. The van der Waals surface area contributed by atoms with Crippen molar-refractivity contribution in [3.8, 4) is 0 Å². The van der Waals surface area contributed by atoms with Crippen LogP contribution in [0.25, 0.3) is 11.0 Å². The van der Waals surface area contributed by atoms with Crippen molar-refractivity contribution in [2.24, 2.45) is 0 Å². The monoisotopic (exact) mass is 301 g/mol. The molecule has 0 saturated carbocycles. The van der Waals surface area contributed by atoms with Crippen molar-refractivity contribution < 1.29 is 4.79 Å². The number of rotatable bonds is 2. The molecule has 0 spiro atoms. The van der Waals surface area contributed by atoms with Crippen molar-refractivity contribution in [2.45, 2.75) is 0 Å². The highest BCUT2D eigenvalue weighted by Gasteiger charge is 2.14. The maximum absolute atomic E-state index is 12.4. The minimum absolute atomic E-state index is 0.0666. The van der Waals surface area contributed by atoms with E-state index in [-0.39, 0.29) is 5.78 Å². The fraction of sp³-hybridized carbons (Fsp3) is 0. The Morgan fingerprint density at radius 2 is 2.22 bits per heavy atom. The van der Waals surface area contributed by atoms with Gasteiger partial charge in [0.15, 0.2) is 5.78 Å². The number of pyridine rings is 2. The summed E-state index contributed by atoms with van der Waals surface area (Å²) in [5, 5.41) is 0.822. The molecule has 3 aromatic rings. The van der Waals surface area contributed by atoms with E-state index in [1.807, 2.05) is 12.1 Å². The second-order valence-corrected chi connectivity index (χ2v) is 4.74. The molecular formula is C13H8BrN3O. The fourth-order valence-corrected chi connectivity index (χ4v) is 2.20. The molecule has 3 aromatic heterocycles. The van der Waals surface area contributed by atoms with E-state index in [1.54, 1.807) is 30.9 Å².